The molecule has 0 atom stereocenters. The van der Waals surface area contributed by atoms with Gasteiger partial charge in [0.25, 0.3) is 5.56 Å². The fourth-order valence-electron chi connectivity index (χ4n) is 1.58. The van der Waals surface area contributed by atoms with E-state index in [0.717, 1.165) is 5.56 Å². The lowest BCUT2D eigenvalue weighted by Gasteiger charge is -1.97. The monoisotopic (exact) mass is 268 g/mol. The third-order valence-electron chi connectivity index (χ3n) is 2.62. The lowest BCUT2D eigenvalue weighted by Crippen LogP contribution is -2.10. The molecule has 2 rings (SSSR count). The molecule has 0 saturated heterocycles. The molecule has 0 saturated carbocycles. The van der Waals surface area contributed by atoms with E-state index in [1.54, 1.807) is 17.8 Å². The van der Waals surface area contributed by atoms with Crippen LogP contribution in [-0.4, -0.2) is 11.2 Å². The first-order chi connectivity index (χ1) is 9.22. The summed E-state index contributed by atoms with van der Waals surface area (Å²) in [6.07, 6.45) is 5.77. The molecule has 0 aliphatic heterocycles. The predicted octanol–water partition coefficient (Wildman–Crippen LogP) is 3.14. The molecule has 1 aromatic carbocycles. The highest BCUT2D eigenvalue weighted by atomic mass is 32.2. The van der Waals surface area contributed by atoms with Crippen molar-refractivity contribution in [3.63, 3.8) is 0 Å². The van der Waals surface area contributed by atoms with E-state index in [2.05, 4.69) is 4.98 Å². The third-order valence-corrected chi connectivity index (χ3v) is 3.37. The Morgan fingerprint density at radius 1 is 1.16 bits per heavy atom. The van der Waals surface area contributed by atoms with Crippen LogP contribution in [0.1, 0.15) is 16.8 Å². The van der Waals surface area contributed by atoms with Crippen molar-refractivity contribution in [2.24, 2.45) is 0 Å². The average Bonchev–Trinajstić information content (AvgIpc) is 2.46. The molecule has 0 aliphatic carbocycles. The third kappa shape index (κ3) is 3.36. The number of nitriles is 1. The molecule has 0 fully saturated rings. The van der Waals surface area contributed by atoms with Crippen LogP contribution in [0.2, 0.25) is 0 Å². The van der Waals surface area contributed by atoms with E-state index < -0.39 is 0 Å². The van der Waals surface area contributed by atoms with Crippen LogP contribution in [0.5, 0.6) is 0 Å². The zero-order valence-corrected chi connectivity index (χ0v) is 11.2. The van der Waals surface area contributed by atoms with Crippen LogP contribution < -0.4 is 5.56 Å². The first-order valence-electron chi connectivity index (χ1n) is 5.68. The average molecular weight is 268 g/mol. The number of rotatable bonds is 3. The fraction of sp³-hybridized carbons (Fsp3) is 0.0667. The largest absolute Gasteiger partial charge is 0.321 e. The molecule has 0 bridgehead atoms. The second kappa shape index (κ2) is 6.07. The summed E-state index contributed by atoms with van der Waals surface area (Å²) < 4.78 is 0. The van der Waals surface area contributed by atoms with Gasteiger partial charge < -0.3 is 4.98 Å². The molecule has 1 aromatic heterocycles. The van der Waals surface area contributed by atoms with Gasteiger partial charge >= 0.3 is 0 Å². The van der Waals surface area contributed by atoms with Crippen molar-refractivity contribution in [1.29, 1.82) is 5.26 Å². The molecular weight excluding hydrogens is 256 g/mol. The van der Waals surface area contributed by atoms with Gasteiger partial charge in [-0.3, -0.25) is 4.79 Å². The predicted molar refractivity (Wildman–Crippen MR) is 78.9 cm³/mol. The van der Waals surface area contributed by atoms with Crippen LogP contribution in [-0.2, 0) is 0 Å². The Balaban J connectivity index is 2.20. The van der Waals surface area contributed by atoms with Gasteiger partial charge in [-0.1, -0.05) is 18.2 Å². The molecule has 94 valence electrons. The van der Waals surface area contributed by atoms with Gasteiger partial charge in [0.2, 0.25) is 0 Å². The Morgan fingerprint density at radius 2 is 1.89 bits per heavy atom. The van der Waals surface area contributed by atoms with Gasteiger partial charge in [0.1, 0.15) is 11.6 Å². The van der Waals surface area contributed by atoms with Crippen molar-refractivity contribution in [2.45, 2.75) is 4.90 Å². The minimum atomic E-state index is -0.359. The first kappa shape index (κ1) is 13.2. The van der Waals surface area contributed by atoms with Crippen LogP contribution in [0.15, 0.2) is 46.1 Å². The van der Waals surface area contributed by atoms with Gasteiger partial charge in [0, 0.05) is 10.6 Å². The van der Waals surface area contributed by atoms with Gasteiger partial charge in [0.05, 0.1) is 0 Å². The number of pyridine rings is 1. The summed E-state index contributed by atoms with van der Waals surface area (Å²) in [5, 5.41) is 8.68. The van der Waals surface area contributed by atoms with Gasteiger partial charge in [-0.05, 0) is 42.2 Å². The van der Waals surface area contributed by atoms with Crippen LogP contribution in [0.3, 0.4) is 0 Å². The van der Waals surface area contributed by atoms with Gasteiger partial charge in [-0.25, -0.2) is 0 Å². The summed E-state index contributed by atoms with van der Waals surface area (Å²) in [7, 11) is 0. The number of hydrogen-bond acceptors (Lipinski definition) is 3. The summed E-state index contributed by atoms with van der Waals surface area (Å²) in [4.78, 5) is 15.3. The maximum Gasteiger partial charge on any atom is 0.266 e. The second-order valence-corrected chi connectivity index (χ2v) is 4.75. The second-order valence-electron chi connectivity index (χ2n) is 3.87. The zero-order chi connectivity index (χ0) is 13.7. The number of benzene rings is 1. The molecule has 0 spiro atoms. The Labute approximate surface area is 115 Å². The van der Waals surface area contributed by atoms with E-state index >= 15 is 0 Å². The summed E-state index contributed by atoms with van der Waals surface area (Å²) in [6, 6.07) is 13.2. The quantitative estimate of drug-likeness (QED) is 0.870. The normalized spacial score (nSPS) is 10.5. The first-order valence-corrected chi connectivity index (χ1v) is 6.91. The van der Waals surface area contributed by atoms with E-state index in [0.29, 0.717) is 5.69 Å². The number of thioether (sulfide) groups is 1. The summed E-state index contributed by atoms with van der Waals surface area (Å²) in [6.45, 7) is 0. The minimum absolute atomic E-state index is 0.126. The van der Waals surface area contributed by atoms with Crippen LogP contribution in [0.4, 0.5) is 0 Å². The van der Waals surface area contributed by atoms with E-state index in [1.165, 1.54) is 11.0 Å². The van der Waals surface area contributed by atoms with E-state index in [-0.39, 0.29) is 11.1 Å². The maximum atomic E-state index is 11.5. The highest BCUT2D eigenvalue weighted by Crippen LogP contribution is 2.16. The number of hydrogen-bond donors (Lipinski definition) is 1. The van der Waals surface area contributed by atoms with Gasteiger partial charge in [-0.2, -0.15) is 5.26 Å². The molecule has 2 aromatic rings. The Kier molecular flexibility index (Phi) is 4.22. The lowest BCUT2D eigenvalue weighted by atomic mass is 10.2. The van der Waals surface area contributed by atoms with E-state index in [9.17, 15) is 4.79 Å². The minimum Gasteiger partial charge on any atom is -0.321 e. The number of nitrogens with zero attached hydrogens (tertiary/aromatic N) is 1. The van der Waals surface area contributed by atoms with E-state index in [4.69, 9.17) is 5.26 Å². The fourth-order valence-corrected chi connectivity index (χ4v) is 1.98. The lowest BCUT2D eigenvalue weighted by molar-refractivity contribution is 1.19. The van der Waals surface area contributed by atoms with Crippen LogP contribution in [0.25, 0.3) is 12.2 Å². The number of aromatic nitrogens is 1. The Morgan fingerprint density at radius 3 is 2.47 bits per heavy atom. The topological polar surface area (TPSA) is 56.6 Å². The molecule has 0 unspecified atom stereocenters. The smallest absolute Gasteiger partial charge is 0.266 e. The van der Waals surface area contributed by atoms with Gasteiger partial charge in [-0.15, -0.1) is 11.8 Å². The highest BCUT2D eigenvalue weighted by Gasteiger charge is 1.97. The molecule has 19 heavy (non-hydrogen) atoms. The van der Waals surface area contributed by atoms with Gasteiger partial charge in [0.15, 0.2) is 0 Å². The molecular formula is C15H12N2OS. The Hall–Kier alpha value is -2.25. The number of nitrogens with one attached hydrogen (secondary N) is 1. The number of aromatic amines is 1. The van der Waals surface area contributed by atoms with Crippen molar-refractivity contribution in [1.82, 2.24) is 4.98 Å². The molecule has 1 heterocycles. The summed E-state index contributed by atoms with van der Waals surface area (Å²) >= 11 is 1.70. The maximum absolute atomic E-state index is 11.5. The zero-order valence-electron chi connectivity index (χ0n) is 10.4. The Bertz CT molecular complexity index is 693. The van der Waals surface area contributed by atoms with Crippen LogP contribution in [0, 0.1) is 11.3 Å². The van der Waals surface area contributed by atoms with Crippen molar-refractivity contribution < 1.29 is 0 Å². The molecule has 0 radical (unpaired) electrons. The molecule has 1 N–H and O–H groups in total. The van der Waals surface area contributed by atoms with Crippen molar-refractivity contribution in [3.05, 3.63) is 63.6 Å². The highest BCUT2D eigenvalue weighted by molar-refractivity contribution is 7.98. The van der Waals surface area contributed by atoms with Crippen LogP contribution >= 0.6 is 11.8 Å². The molecule has 0 amide bonds. The summed E-state index contributed by atoms with van der Waals surface area (Å²) in [5.41, 5.74) is 1.50. The molecule has 0 aliphatic rings. The van der Waals surface area contributed by atoms with Crippen molar-refractivity contribution in [2.75, 3.05) is 6.26 Å². The SMILES string of the molecule is CSc1ccc(/C=C/c2ccc(C#N)c(=O)[nH]2)cc1. The van der Waals surface area contributed by atoms with E-state index in [1.807, 2.05) is 48.7 Å². The standard InChI is InChI=1S/C15H12N2OS/c1-19-14-8-3-11(4-9-14)2-6-13-7-5-12(10-16)15(18)17-13/h2-9H,1H3,(H,17,18)/b6-2+. The van der Waals surface area contributed by atoms with Crippen molar-refractivity contribution >= 4 is 23.9 Å². The van der Waals surface area contributed by atoms with Crippen molar-refractivity contribution in [3.8, 4) is 6.07 Å². The summed E-state index contributed by atoms with van der Waals surface area (Å²) in [5.74, 6) is 0. The number of H-pyrrole nitrogens is 1. The molecule has 4 heteroatoms. The molecule has 3 nitrogen and oxygen atoms in total.